The zero-order valence-electron chi connectivity index (χ0n) is 21.4. The summed E-state index contributed by atoms with van der Waals surface area (Å²) in [5.74, 6) is 3.02. The largest absolute Gasteiger partial charge is 0.494 e. The third-order valence-electron chi connectivity index (χ3n) is 5.82. The lowest BCUT2D eigenvalue weighted by atomic mass is 10.0. The minimum Gasteiger partial charge on any atom is -0.494 e. The highest BCUT2D eigenvalue weighted by Crippen LogP contribution is 2.24. The van der Waals surface area contributed by atoms with Gasteiger partial charge in [-0.15, -0.1) is 12.3 Å². The number of hydrogen-bond donors (Lipinski definition) is 0. The first-order valence-corrected chi connectivity index (χ1v) is 12.9. The van der Waals surface area contributed by atoms with E-state index in [2.05, 4.69) is 12.8 Å². The topological polar surface area (TPSA) is 61.8 Å². The Morgan fingerprint density at radius 2 is 1.24 bits per heavy atom. The zero-order chi connectivity index (χ0) is 26.3. The molecule has 3 rings (SSSR count). The third kappa shape index (κ3) is 9.16. The van der Waals surface area contributed by atoms with Crippen LogP contribution < -0.4 is 9.47 Å². The first-order valence-electron chi connectivity index (χ1n) is 12.9. The van der Waals surface area contributed by atoms with Crippen molar-refractivity contribution in [3.8, 4) is 35.0 Å². The molecule has 0 saturated carbocycles. The molecule has 0 aliphatic heterocycles. The molecule has 0 N–H and O–H groups in total. The fourth-order valence-electron chi connectivity index (χ4n) is 3.66. The van der Waals surface area contributed by atoms with E-state index >= 15 is 0 Å². The van der Waals surface area contributed by atoms with Gasteiger partial charge in [-0.2, -0.15) is 0 Å². The summed E-state index contributed by atoms with van der Waals surface area (Å²) in [7, 11) is 0. The van der Waals surface area contributed by atoms with Crippen LogP contribution in [-0.4, -0.2) is 25.2 Å². The van der Waals surface area contributed by atoms with Gasteiger partial charge in [-0.3, -0.25) is 0 Å². The second kappa shape index (κ2) is 15.2. The molecule has 3 aromatic carbocycles. The van der Waals surface area contributed by atoms with Crippen molar-refractivity contribution in [1.29, 1.82) is 0 Å². The maximum absolute atomic E-state index is 12.5. The predicted octanol–water partition coefficient (Wildman–Crippen LogP) is 7.49. The van der Waals surface area contributed by atoms with Crippen molar-refractivity contribution in [2.45, 2.75) is 51.9 Å². The highest BCUT2D eigenvalue weighted by molar-refractivity contribution is 5.91. The van der Waals surface area contributed by atoms with Gasteiger partial charge in [0.15, 0.2) is 0 Å². The molecule has 37 heavy (non-hydrogen) atoms. The second-order valence-electron chi connectivity index (χ2n) is 8.72. The Morgan fingerprint density at radius 3 is 1.89 bits per heavy atom. The van der Waals surface area contributed by atoms with Crippen LogP contribution in [0.4, 0.5) is 0 Å². The quantitative estimate of drug-likeness (QED) is 0.0997. The van der Waals surface area contributed by atoms with E-state index < -0.39 is 5.97 Å². The summed E-state index contributed by atoms with van der Waals surface area (Å²) in [6.07, 6.45) is 12.1. The van der Waals surface area contributed by atoms with Gasteiger partial charge in [0.1, 0.15) is 11.5 Å². The molecule has 5 nitrogen and oxygen atoms in total. The number of ether oxygens (including phenoxy) is 3. The van der Waals surface area contributed by atoms with Gasteiger partial charge in [-0.25, -0.2) is 9.59 Å². The molecule has 0 atom stereocenters. The van der Waals surface area contributed by atoms with Crippen LogP contribution in [0.15, 0.2) is 72.8 Å². The normalized spacial score (nSPS) is 10.4. The molecule has 0 unspecified atom stereocenters. The summed E-state index contributed by atoms with van der Waals surface area (Å²) in [6, 6.07) is 21.4. The van der Waals surface area contributed by atoms with E-state index in [9.17, 15) is 9.59 Å². The number of carbonyl (C=O) groups excluding carboxylic acids is 2. The van der Waals surface area contributed by atoms with Gasteiger partial charge in [0, 0.05) is 6.42 Å². The van der Waals surface area contributed by atoms with Gasteiger partial charge in [0.25, 0.3) is 0 Å². The number of unbranched alkanes of at least 4 members (excludes halogenated alkanes) is 5. The highest BCUT2D eigenvalue weighted by Gasteiger charge is 2.10. The standard InChI is InChI=1S/C32H34O5/c1-3-5-7-9-23-35-29-19-17-28(18-20-29)32(34)37-30-21-15-26(16-22-30)25-11-13-27(14-12-25)31(33)36-24-10-8-6-4-2/h1,11-22H,4-10,23-24H2,2H3. The van der Waals surface area contributed by atoms with E-state index in [0.717, 1.165) is 56.1 Å². The lowest BCUT2D eigenvalue weighted by molar-refractivity contribution is 0.0497. The fourth-order valence-corrected chi connectivity index (χ4v) is 3.66. The van der Waals surface area contributed by atoms with Gasteiger partial charge in [0.2, 0.25) is 0 Å². The van der Waals surface area contributed by atoms with E-state index in [0.29, 0.717) is 35.8 Å². The maximum atomic E-state index is 12.5. The molecule has 0 aliphatic rings. The number of rotatable bonds is 14. The summed E-state index contributed by atoms with van der Waals surface area (Å²) in [4.78, 5) is 24.7. The van der Waals surface area contributed by atoms with Crippen LogP contribution in [0.2, 0.25) is 0 Å². The molecule has 5 heteroatoms. The number of hydrogen-bond acceptors (Lipinski definition) is 5. The van der Waals surface area contributed by atoms with Crippen LogP contribution in [0, 0.1) is 12.3 Å². The van der Waals surface area contributed by atoms with Crippen molar-refractivity contribution >= 4 is 11.9 Å². The first kappa shape index (κ1) is 27.5. The van der Waals surface area contributed by atoms with Gasteiger partial charge in [0.05, 0.1) is 24.3 Å². The Balaban J connectivity index is 1.48. The van der Waals surface area contributed by atoms with Crippen molar-refractivity contribution in [2.75, 3.05) is 13.2 Å². The number of carbonyl (C=O) groups is 2. The molecule has 0 radical (unpaired) electrons. The van der Waals surface area contributed by atoms with E-state index in [1.165, 1.54) is 0 Å². The first-order chi connectivity index (χ1) is 18.1. The Bertz CT molecular complexity index is 1160. The lowest BCUT2D eigenvalue weighted by Gasteiger charge is -2.08. The molecule has 0 fully saturated rings. The molecule has 0 aromatic heterocycles. The summed E-state index contributed by atoms with van der Waals surface area (Å²) < 4.78 is 16.5. The average molecular weight is 499 g/mol. The fraction of sp³-hybridized carbons (Fsp3) is 0.312. The molecule has 3 aromatic rings. The van der Waals surface area contributed by atoms with Gasteiger partial charge in [-0.1, -0.05) is 50.5 Å². The van der Waals surface area contributed by atoms with Crippen molar-refractivity contribution in [3.05, 3.63) is 83.9 Å². The van der Waals surface area contributed by atoms with Crippen molar-refractivity contribution in [2.24, 2.45) is 0 Å². The molecule has 0 aliphatic carbocycles. The van der Waals surface area contributed by atoms with Gasteiger partial charge >= 0.3 is 11.9 Å². The number of benzene rings is 3. The molecular formula is C32H34O5. The van der Waals surface area contributed by atoms with E-state index in [-0.39, 0.29) is 5.97 Å². The summed E-state index contributed by atoms with van der Waals surface area (Å²) in [5, 5.41) is 0. The van der Waals surface area contributed by atoms with E-state index in [4.69, 9.17) is 20.6 Å². The van der Waals surface area contributed by atoms with Crippen LogP contribution in [0.25, 0.3) is 11.1 Å². The minimum atomic E-state index is -0.439. The second-order valence-corrected chi connectivity index (χ2v) is 8.72. The summed E-state index contributed by atoms with van der Waals surface area (Å²) in [5.41, 5.74) is 2.87. The average Bonchev–Trinajstić information content (AvgIpc) is 2.93. The van der Waals surface area contributed by atoms with Gasteiger partial charge in [-0.05, 0) is 78.9 Å². The molecule has 0 bridgehead atoms. The Labute approximate surface area is 219 Å². The maximum Gasteiger partial charge on any atom is 0.343 e. The summed E-state index contributed by atoms with van der Waals surface area (Å²) >= 11 is 0. The van der Waals surface area contributed by atoms with E-state index in [1.54, 1.807) is 48.5 Å². The number of terminal acetylenes is 1. The van der Waals surface area contributed by atoms with E-state index in [1.807, 2.05) is 24.3 Å². The molecule has 0 spiro atoms. The Hall–Kier alpha value is -4.04. The van der Waals surface area contributed by atoms with Crippen molar-refractivity contribution < 1.29 is 23.8 Å². The minimum absolute atomic E-state index is 0.301. The Kier molecular flexibility index (Phi) is 11.3. The predicted molar refractivity (Wildman–Crippen MR) is 146 cm³/mol. The smallest absolute Gasteiger partial charge is 0.343 e. The molecule has 0 saturated heterocycles. The summed E-state index contributed by atoms with van der Waals surface area (Å²) in [6.45, 7) is 3.19. The molecule has 0 heterocycles. The monoisotopic (exact) mass is 498 g/mol. The van der Waals surface area contributed by atoms with Crippen molar-refractivity contribution in [1.82, 2.24) is 0 Å². The molecule has 0 amide bonds. The van der Waals surface area contributed by atoms with Gasteiger partial charge < -0.3 is 14.2 Å². The zero-order valence-corrected chi connectivity index (χ0v) is 21.4. The molecule has 192 valence electrons. The third-order valence-corrected chi connectivity index (χ3v) is 5.82. The SMILES string of the molecule is C#CCCCCOc1ccc(C(=O)Oc2ccc(-c3ccc(C(=O)OCCCCCC)cc3)cc2)cc1. The Morgan fingerprint density at radius 1 is 0.676 bits per heavy atom. The van der Waals surface area contributed by atoms with Crippen LogP contribution >= 0.6 is 0 Å². The van der Waals surface area contributed by atoms with Crippen LogP contribution in [0.3, 0.4) is 0 Å². The molecular weight excluding hydrogens is 464 g/mol. The lowest BCUT2D eigenvalue weighted by Crippen LogP contribution is -2.08. The van der Waals surface area contributed by atoms with Crippen molar-refractivity contribution in [3.63, 3.8) is 0 Å². The highest BCUT2D eigenvalue weighted by atomic mass is 16.5. The van der Waals surface area contributed by atoms with Crippen LogP contribution in [0.1, 0.15) is 72.6 Å². The number of esters is 2. The van der Waals surface area contributed by atoms with Crippen LogP contribution in [0.5, 0.6) is 11.5 Å². The van der Waals surface area contributed by atoms with Crippen LogP contribution in [-0.2, 0) is 4.74 Å².